The summed E-state index contributed by atoms with van der Waals surface area (Å²) in [5, 5.41) is 0.486. The third kappa shape index (κ3) is 1.68. The van der Waals surface area contributed by atoms with Crippen LogP contribution in [0.5, 0.6) is 6.01 Å². The second kappa shape index (κ2) is 4.08. The van der Waals surface area contributed by atoms with Gasteiger partial charge in [0.05, 0.1) is 30.1 Å². The zero-order valence-electron chi connectivity index (χ0n) is 10.6. The summed E-state index contributed by atoms with van der Waals surface area (Å²) in [6, 6.07) is 3.54. The van der Waals surface area contributed by atoms with E-state index in [9.17, 15) is 9.59 Å². The molecule has 0 unspecified atom stereocenters. The zero-order valence-corrected chi connectivity index (χ0v) is 10.6. The van der Waals surface area contributed by atoms with Crippen LogP contribution in [0.4, 0.5) is 0 Å². The molecule has 2 heterocycles. The highest BCUT2D eigenvalue weighted by molar-refractivity contribution is 5.95. The molecule has 6 heteroatoms. The fourth-order valence-electron chi connectivity index (χ4n) is 2.22. The van der Waals surface area contributed by atoms with Crippen molar-refractivity contribution in [2.75, 3.05) is 13.7 Å². The van der Waals surface area contributed by atoms with E-state index in [1.807, 2.05) is 0 Å². The van der Waals surface area contributed by atoms with Crippen LogP contribution in [-0.4, -0.2) is 29.2 Å². The van der Waals surface area contributed by atoms with Gasteiger partial charge in [-0.1, -0.05) is 0 Å². The number of nitrogens with zero attached hydrogens (tertiary/aromatic N) is 2. The van der Waals surface area contributed by atoms with Crippen LogP contribution in [0.3, 0.4) is 0 Å². The number of rotatable bonds is 1. The van der Waals surface area contributed by atoms with Crippen LogP contribution in [-0.2, 0) is 11.3 Å². The summed E-state index contributed by atoms with van der Waals surface area (Å²) in [7, 11) is 1.32. The molecule has 0 atom stereocenters. The minimum absolute atomic E-state index is 0.142. The van der Waals surface area contributed by atoms with Crippen molar-refractivity contribution in [2.45, 2.75) is 13.5 Å². The summed E-state index contributed by atoms with van der Waals surface area (Å²) in [6.07, 6.45) is 0. The summed E-state index contributed by atoms with van der Waals surface area (Å²) in [5.41, 5.74) is 1.41. The number of methoxy groups -OCH3 is 1. The molecule has 0 radical (unpaired) electrons. The maximum Gasteiger partial charge on any atom is 0.338 e. The Morgan fingerprint density at radius 2 is 2.26 bits per heavy atom. The molecule has 0 amide bonds. The first-order valence-electron chi connectivity index (χ1n) is 5.88. The van der Waals surface area contributed by atoms with Gasteiger partial charge in [0.1, 0.15) is 6.61 Å². The van der Waals surface area contributed by atoms with Gasteiger partial charge in [-0.25, -0.2) is 4.79 Å². The van der Waals surface area contributed by atoms with E-state index in [0.29, 0.717) is 41.2 Å². The van der Waals surface area contributed by atoms with E-state index in [1.165, 1.54) is 11.7 Å². The van der Waals surface area contributed by atoms with E-state index in [0.717, 1.165) is 0 Å². The molecule has 19 heavy (non-hydrogen) atoms. The number of benzene rings is 1. The van der Waals surface area contributed by atoms with Gasteiger partial charge < -0.3 is 9.47 Å². The second-order valence-corrected chi connectivity index (χ2v) is 4.38. The summed E-state index contributed by atoms with van der Waals surface area (Å²) >= 11 is 0. The summed E-state index contributed by atoms with van der Waals surface area (Å²) in [4.78, 5) is 28.2. The average Bonchev–Trinajstić information content (AvgIpc) is 2.87. The number of aryl methyl sites for hydroxylation is 1. The summed E-state index contributed by atoms with van der Waals surface area (Å²) < 4.78 is 11.5. The third-order valence-corrected chi connectivity index (χ3v) is 3.22. The molecule has 0 saturated carbocycles. The number of hydrogen-bond acceptors (Lipinski definition) is 5. The van der Waals surface area contributed by atoms with Crippen molar-refractivity contribution in [2.24, 2.45) is 0 Å². The lowest BCUT2D eigenvalue weighted by Gasteiger charge is -2.07. The number of hydrogen-bond donors (Lipinski definition) is 0. The van der Waals surface area contributed by atoms with Gasteiger partial charge in [-0.3, -0.25) is 9.36 Å². The van der Waals surface area contributed by atoms with E-state index < -0.39 is 5.97 Å². The Kier molecular flexibility index (Phi) is 2.51. The minimum Gasteiger partial charge on any atom is -0.465 e. The molecule has 0 bridgehead atoms. The van der Waals surface area contributed by atoms with Crippen LogP contribution in [0.1, 0.15) is 15.9 Å². The smallest absolute Gasteiger partial charge is 0.338 e. The Balaban J connectivity index is 2.33. The van der Waals surface area contributed by atoms with Gasteiger partial charge in [-0.05, 0) is 24.6 Å². The molecule has 98 valence electrons. The molecular formula is C13H12N2O4. The number of fused-ring (bicyclic) bond motifs is 2. The molecule has 2 aromatic rings. The molecule has 1 aromatic heterocycles. The van der Waals surface area contributed by atoms with Gasteiger partial charge in [0, 0.05) is 0 Å². The molecule has 1 aliphatic rings. The Morgan fingerprint density at radius 3 is 3.00 bits per heavy atom. The van der Waals surface area contributed by atoms with E-state index >= 15 is 0 Å². The molecule has 0 fully saturated rings. The predicted octanol–water partition coefficient (Wildman–Crippen LogP) is 0.884. The highest BCUT2D eigenvalue weighted by atomic mass is 16.5. The van der Waals surface area contributed by atoms with Crippen LogP contribution in [0.25, 0.3) is 10.9 Å². The van der Waals surface area contributed by atoms with Gasteiger partial charge in [0.2, 0.25) is 0 Å². The maximum absolute atomic E-state index is 12.3. The number of ether oxygens (including phenoxy) is 2. The molecule has 1 aliphatic heterocycles. The van der Waals surface area contributed by atoms with E-state index in [1.54, 1.807) is 19.1 Å². The SMILES string of the molecule is COC(=O)c1cc2nc3n(c(=O)c2cc1C)CCO3. The normalized spacial score (nSPS) is 13.2. The first kappa shape index (κ1) is 11.7. The standard InChI is InChI=1S/C13H12N2O4/c1-7-5-9-10(6-8(7)12(17)18-2)14-13-15(11(9)16)3-4-19-13/h5-6H,3-4H2,1-2H3. The van der Waals surface area contributed by atoms with Crippen molar-refractivity contribution < 1.29 is 14.3 Å². The largest absolute Gasteiger partial charge is 0.465 e. The van der Waals surface area contributed by atoms with E-state index in [-0.39, 0.29) is 5.56 Å². The van der Waals surface area contributed by atoms with Crippen molar-refractivity contribution in [3.05, 3.63) is 33.6 Å². The molecule has 6 nitrogen and oxygen atoms in total. The Hall–Kier alpha value is -2.37. The van der Waals surface area contributed by atoms with Crippen LogP contribution in [0.15, 0.2) is 16.9 Å². The first-order chi connectivity index (χ1) is 9.11. The molecular weight excluding hydrogens is 248 g/mol. The second-order valence-electron chi connectivity index (χ2n) is 4.38. The van der Waals surface area contributed by atoms with Crippen molar-refractivity contribution in [3.8, 4) is 6.01 Å². The van der Waals surface area contributed by atoms with Crippen molar-refractivity contribution in [1.82, 2.24) is 9.55 Å². The van der Waals surface area contributed by atoms with Crippen molar-refractivity contribution >= 4 is 16.9 Å². The highest BCUT2D eigenvalue weighted by Crippen LogP contribution is 2.20. The number of aromatic nitrogens is 2. The van der Waals surface area contributed by atoms with Gasteiger partial charge >= 0.3 is 5.97 Å². The van der Waals surface area contributed by atoms with Gasteiger partial charge in [0.25, 0.3) is 11.6 Å². The van der Waals surface area contributed by atoms with Gasteiger partial charge in [0.15, 0.2) is 0 Å². The lowest BCUT2D eigenvalue weighted by atomic mass is 10.1. The van der Waals surface area contributed by atoms with Crippen LogP contribution in [0, 0.1) is 6.92 Å². The van der Waals surface area contributed by atoms with Crippen molar-refractivity contribution in [1.29, 1.82) is 0 Å². The van der Waals surface area contributed by atoms with Gasteiger partial charge in [-0.15, -0.1) is 0 Å². The fourth-order valence-corrected chi connectivity index (χ4v) is 2.22. The van der Waals surface area contributed by atoms with Crippen molar-refractivity contribution in [3.63, 3.8) is 0 Å². The fraction of sp³-hybridized carbons (Fsp3) is 0.308. The molecule has 0 spiro atoms. The lowest BCUT2D eigenvalue weighted by Crippen LogP contribution is -2.19. The zero-order chi connectivity index (χ0) is 13.6. The summed E-state index contributed by atoms with van der Waals surface area (Å²) in [5.74, 6) is -0.442. The van der Waals surface area contributed by atoms with E-state index in [2.05, 4.69) is 4.98 Å². The number of carbonyl (C=O) groups is 1. The Labute approximate surface area is 108 Å². The first-order valence-corrected chi connectivity index (χ1v) is 5.88. The molecule has 3 rings (SSSR count). The molecule has 0 aliphatic carbocycles. The van der Waals surface area contributed by atoms with Gasteiger partial charge in [-0.2, -0.15) is 4.98 Å². The van der Waals surface area contributed by atoms with Crippen LogP contribution >= 0.6 is 0 Å². The maximum atomic E-state index is 12.3. The number of carbonyl (C=O) groups excluding carboxylic acids is 1. The monoisotopic (exact) mass is 260 g/mol. The Morgan fingerprint density at radius 1 is 1.47 bits per heavy atom. The summed E-state index contributed by atoms with van der Waals surface area (Å²) in [6.45, 7) is 2.72. The Bertz CT molecular complexity index is 748. The molecule has 0 saturated heterocycles. The van der Waals surface area contributed by atoms with Crippen LogP contribution < -0.4 is 10.3 Å². The number of esters is 1. The van der Waals surface area contributed by atoms with Crippen LogP contribution in [0.2, 0.25) is 0 Å². The molecule has 0 N–H and O–H groups in total. The minimum atomic E-state index is -0.442. The predicted molar refractivity (Wildman–Crippen MR) is 67.6 cm³/mol. The lowest BCUT2D eigenvalue weighted by molar-refractivity contribution is 0.0600. The highest BCUT2D eigenvalue weighted by Gasteiger charge is 2.19. The third-order valence-electron chi connectivity index (χ3n) is 3.22. The average molecular weight is 260 g/mol. The quantitative estimate of drug-likeness (QED) is 0.712. The topological polar surface area (TPSA) is 70.4 Å². The molecule has 1 aromatic carbocycles. The van der Waals surface area contributed by atoms with E-state index in [4.69, 9.17) is 9.47 Å².